The smallest absolute Gasteiger partial charge is 0.181 e. The van der Waals surface area contributed by atoms with Crippen LogP contribution in [-0.4, -0.2) is 10.6 Å². The van der Waals surface area contributed by atoms with Gasteiger partial charge in [-0.1, -0.05) is 0 Å². The van der Waals surface area contributed by atoms with E-state index in [2.05, 4.69) is 78.8 Å². The Morgan fingerprint density at radius 2 is 1.50 bits per heavy atom. The molecule has 0 atom stereocenters. The molecule has 0 bridgehead atoms. The molecule has 1 rings (SSSR count). The summed E-state index contributed by atoms with van der Waals surface area (Å²) in [6.45, 7) is 0. The Bertz CT molecular complexity index is 102. The van der Waals surface area contributed by atoms with Crippen LogP contribution < -0.4 is 0 Å². The fourth-order valence-corrected chi connectivity index (χ4v) is 1.58. The van der Waals surface area contributed by atoms with Crippen molar-refractivity contribution in [2.75, 3.05) is 0 Å². The maximum absolute atomic E-state index is 3.75. The fourth-order valence-electron chi connectivity index (χ4n) is 0.240. The summed E-state index contributed by atoms with van der Waals surface area (Å²) in [6.07, 6.45) is 0. The van der Waals surface area contributed by atoms with Gasteiger partial charge in [-0.15, -0.1) is 0 Å². The minimum Gasteiger partial charge on any atom is -0.181 e. The Morgan fingerprint density at radius 1 is 1.12 bits per heavy atom. The Labute approximate surface area is 88.1 Å². The summed E-state index contributed by atoms with van der Waals surface area (Å²) >= 11 is 6.42. The maximum atomic E-state index is 3.75. The highest BCUT2D eigenvalue weighted by Crippen LogP contribution is 2.27. The predicted molar refractivity (Wildman–Crippen MR) is 54.4 cm³/mol. The summed E-state index contributed by atoms with van der Waals surface area (Å²) < 4.78 is 3.77. The number of rotatable bonds is 0. The topological polar surface area (TPSA) is 31.2 Å². The molecule has 0 saturated heterocycles. The lowest BCUT2D eigenvalue weighted by molar-refractivity contribution is 0.474. The molecule has 0 unspecified atom stereocenters. The summed E-state index contributed by atoms with van der Waals surface area (Å²) in [4.78, 5) is 0. The van der Waals surface area contributed by atoms with Crippen LogP contribution in [0.25, 0.3) is 0 Å². The molecule has 0 N–H and O–H groups in total. The molecule has 0 saturated carbocycles. The molecule has 8 heavy (non-hydrogen) atoms. The van der Waals surface area contributed by atoms with E-state index >= 15 is 0 Å². The lowest BCUT2D eigenvalue weighted by Crippen LogP contribution is -2.18. The van der Waals surface area contributed by atoms with E-state index in [-0.39, 0.29) is 4.17 Å². The van der Waals surface area contributed by atoms with E-state index in [1.165, 1.54) is 0 Å². The molecule has 0 radical (unpaired) electrons. The quantitative estimate of drug-likeness (QED) is 0.246. The van der Waals surface area contributed by atoms with Crippen LogP contribution in [-0.2, 0) is 0 Å². The van der Waals surface area contributed by atoms with Crippen molar-refractivity contribution in [1.29, 1.82) is 0 Å². The number of nitrogens with zero attached hydrogens (tertiary/aromatic N) is 4. The van der Waals surface area contributed by atoms with Gasteiger partial charge in [0.05, 0.1) is 45.7 Å². The molecule has 0 amide bonds. The molecule has 1 heterocycles. The van der Waals surface area contributed by atoms with Gasteiger partial charge in [-0.05, 0) is 33.0 Å². The maximum Gasteiger partial charge on any atom is 0.208 e. The minimum absolute atomic E-state index is 0.258. The van der Waals surface area contributed by atoms with E-state index in [0.29, 0.717) is 0 Å². The second kappa shape index (κ2) is 2.98. The van der Waals surface area contributed by atoms with Crippen molar-refractivity contribution in [2.45, 2.75) is 4.17 Å². The molecule has 46 valence electrons. The molecule has 1 aliphatic heterocycles. The second-order valence-corrected chi connectivity index (χ2v) is 4.16. The molecule has 0 aromatic rings. The first kappa shape index (κ1) is 7.50. The highest BCUT2D eigenvalue weighted by Gasteiger charge is 2.22. The molecule has 0 fully saturated rings. The predicted octanol–water partition coefficient (Wildman–Crippen LogP) is 2.30. The Kier molecular flexibility index (Phi) is 2.80. The van der Waals surface area contributed by atoms with Crippen LogP contribution in [0.4, 0.5) is 0 Å². The van der Waals surface area contributed by atoms with Crippen LogP contribution in [0.2, 0.25) is 0 Å². The standard InChI is InChI=1S/CHI3N4/c2-1-7(3)5-6-8(1)4/h1H. The van der Waals surface area contributed by atoms with Crippen molar-refractivity contribution >= 4 is 68.3 Å². The van der Waals surface area contributed by atoms with Gasteiger partial charge in [0.2, 0.25) is 4.17 Å². The van der Waals surface area contributed by atoms with E-state index in [4.69, 9.17) is 0 Å². The summed E-state index contributed by atoms with van der Waals surface area (Å²) in [5.74, 6) is 0. The lowest BCUT2D eigenvalue weighted by atomic mass is 11.2. The largest absolute Gasteiger partial charge is 0.208 e. The van der Waals surface area contributed by atoms with E-state index in [1.54, 1.807) is 6.44 Å². The molecule has 0 aromatic heterocycles. The van der Waals surface area contributed by atoms with Crippen molar-refractivity contribution in [2.24, 2.45) is 10.4 Å². The zero-order chi connectivity index (χ0) is 6.15. The van der Waals surface area contributed by atoms with Crippen molar-refractivity contribution in [3.63, 3.8) is 0 Å². The summed E-state index contributed by atoms with van der Waals surface area (Å²) in [6, 6.07) is 0. The average Bonchev–Trinajstić information content (AvgIpc) is 1.98. The van der Waals surface area contributed by atoms with Crippen molar-refractivity contribution in [1.82, 2.24) is 6.44 Å². The zero-order valence-electron chi connectivity index (χ0n) is 3.50. The number of halogens is 3. The third kappa shape index (κ3) is 1.46. The number of hydrogen-bond donors (Lipinski definition) is 0. The normalized spacial score (nSPS) is 20.9. The number of alkyl halides is 1. The van der Waals surface area contributed by atoms with Gasteiger partial charge in [-0.3, -0.25) is 0 Å². The van der Waals surface area contributed by atoms with Crippen LogP contribution in [0.3, 0.4) is 0 Å². The van der Waals surface area contributed by atoms with Gasteiger partial charge in [-0.2, -0.15) is 6.44 Å². The van der Waals surface area contributed by atoms with E-state index < -0.39 is 0 Å². The summed E-state index contributed by atoms with van der Waals surface area (Å²) in [7, 11) is 0. The molecular weight excluding hydrogens is 449 g/mol. The second-order valence-electron chi connectivity index (χ2n) is 1.07. The zero-order valence-corrected chi connectivity index (χ0v) is 9.97. The highest BCUT2D eigenvalue weighted by molar-refractivity contribution is 14.1. The van der Waals surface area contributed by atoms with E-state index in [9.17, 15) is 0 Å². The van der Waals surface area contributed by atoms with Gasteiger partial charge in [-0.25, -0.2) is 0 Å². The van der Waals surface area contributed by atoms with E-state index in [0.717, 1.165) is 0 Å². The van der Waals surface area contributed by atoms with Gasteiger partial charge in [0.15, 0.2) is 0 Å². The van der Waals surface area contributed by atoms with Crippen molar-refractivity contribution in [3.05, 3.63) is 0 Å². The van der Waals surface area contributed by atoms with Crippen LogP contribution >= 0.6 is 68.3 Å². The minimum atomic E-state index is 0.258. The molecule has 0 aliphatic carbocycles. The number of hydrogen-bond acceptors (Lipinski definition) is 4. The third-order valence-electron chi connectivity index (χ3n) is 0.563. The van der Waals surface area contributed by atoms with Crippen LogP contribution in [0.1, 0.15) is 0 Å². The van der Waals surface area contributed by atoms with E-state index in [1.807, 2.05) is 0 Å². The SMILES string of the molecule is IC1N(I)N=NN1I. The summed E-state index contributed by atoms with van der Waals surface area (Å²) in [5.41, 5.74) is 0. The van der Waals surface area contributed by atoms with Crippen LogP contribution in [0.5, 0.6) is 0 Å². The Morgan fingerprint density at radius 3 is 1.62 bits per heavy atom. The first-order valence-electron chi connectivity index (χ1n) is 1.67. The van der Waals surface area contributed by atoms with Gasteiger partial charge in [0.25, 0.3) is 0 Å². The third-order valence-corrected chi connectivity index (χ3v) is 5.19. The highest BCUT2D eigenvalue weighted by atomic mass is 127. The molecule has 0 spiro atoms. The molecule has 0 aromatic carbocycles. The Hall–Kier alpha value is 1.39. The Balaban J connectivity index is 2.55. The molecule has 4 nitrogen and oxygen atoms in total. The first-order chi connectivity index (χ1) is 3.72. The van der Waals surface area contributed by atoms with Crippen molar-refractivity contribution in [3.8, 4) is 0 Å². The summed E-state index contributed by atoms with van der Waals surface area (Å²) in [5, 5.41) is 7.51. The van der Waals surface area contributed by atoms with Gasteiger partial charge < -0.3 is 0 Å². The fraction of sp³-hybridized carbons (Fsp3) is 1.00. The molecular formula is CHI3N4. The van der Waals surface area contributed by atoms with Gasteiger partial charge >= 0.3 is 0 Å². The average molecular weight is 450 g/mol. The van der Waals surface area contributed by atoms with Crippen LogP contribution in [0, 0.1) is 0 Å². The van der Waals surface area contributed by atoms with Crippen molar-refractivity contribution < 1.29 is 0 Å². The van der Waals surface area contributed by atoms with Gasteiger partial charge in [0.1, 0.15) is 0 Å². The van der Waals surface area contributed by atoms with Crippen LogP contribution in [0.15, 0.2) is 10.4 Å². The van der Waals surface area contributed by atoms with Gasteiger partial charge in [0, 0.05) is 0 Å². The monoisotopic (exact) mass is 450 g/mol. The first-order valence-corrected chi connectivity index (χ1v) is 4.85. The lowest BCUT2D eigenvalue weighted by Gasteiger charge is -2.10. The molecule has 1 aliphatic rings. The molecule has 7 heteroatoms.